The summed E-state index contributed by atoms with van der Waals surface area (Å²) in [6.07, 6.45) is 0. The number of hydrogen-bond donors (Lipinski definition) is 3. The molecule has 1 unspecified atom stereocenters. The van der Waals surface area contributed by atoms with Gasteiger partial charge in [-0.1, -0.05) is 34.5 Å². The minimum atomic E-state index is -1.03. The Morgan fingerprint density at radius 1 is 1.37 bits per heavy atom. The highest BCUT2D eigenvalue weighted by molar-refractivity contribution is 7.22. The number of H-pyrrole nitrogens is 1. The molecule has 1 aromatic carbocycles. The SMILES string of the molecule is Cc1[nH]c(C(=O)Nc2nc3c(N4CCOCC4C)cc(C(=O)O)cc3s2)c(Cl)c1Cl. The summed E-state index contributed by atoms with van der Waals surface area (Å²) in [4.78, 5) is 33.8. The lowest BCUT2D eigenvalue weighted by molar-refractivity contribution is 0.0696. The Kier molecular flexibility index (Phi) is 5.63. The third-order valence-corrected chi connectivity index (χ3v) is 6.77. The number of rotatable bonds is 4. The summed E-state index contributed by atoms with van der Waals surface area (Å²) in [5.74, 6) is -1.50. The number of aromatic nitrogens is 2. The van der Waals surface area contributed by atoms with Crippen molar-refractivity contribution >= 4 is 67.5 Å². The van der Waals surface area contributed by atoms with E-state index >= 15 is 0 Å². The van der Waals surface area contributed by atoms with E-state index in [9.17, 15) is 14.7 Å². The molecule has 1 amide bonds. The predicted molar refractivity (Wildman–Crippen MR) is 118 cm³/mol. The molecule has 4 rings (SSSR count). The number of aromatic carboxylic acids is 1. The highest BCUT2D eigenvalue weighted by Gasteiger charge is 2.25. The molecule has 11 heteroatoms. The van der Waals surface area contributed by atoms with Crippen molar-refractivity contribution in [3.63, 3.8) is 0 Å². The summed E-state index contributed by atoms with van der Waals surface area (Å²) in [7, 11) is 0. The summed E-state index contributed by atoms with van der Waals surface area (Å²) in [5.41, 5.74) is 2.22. The lowest BCUT2D eigenvalue weighted by Crippen LogP contribution is -2.43. The van der Waals surface area contributed by atoms with E-state index in [1.807, 2.05) is 6.92 Å². The molecular weight excluding hydrogens is 451 g/mol. The maximum Gasteiger partial charge on any atom is 0.335 e. The fraction of sp³-hybridized carbons (Fsp3) is 0.316. The van der Waals surface area contributed by atoms with Crippen LogP contribution >= 0.6 is 34.5 Å². The van der Waals surface area contributed by atoms with Crippen LogP contribution in [0.1, 0.15) is 33.5 Å². The Bertz CT molecular complexity index is 1160. The molecule has 3 aromatic rings. The Labute approximate surface area is 185 Å². The van der Waals surface area contributed by atoms with E-state index in [0.29, 0.717) is 51.5 Å². The molecule has 1 fully saturated rings. The molecule has 3 N–H and O–H groups in total. The second-order valence-corrected chi connectivity index (χ2v) is 8.78. The molecule has 8 nitrogen and oxygen atoms in total. The van der Waals surface area contributed by atoms with Crippen molar-refractivity contribution in [2.45, 2.75) is 19.9 Å². The van der Waals surface area contributed by atoms with E-state index in [-0.39, 0.29) is 22.3 Å². The average molecular weight is 469 g/mol. The zero-order valence-electron chi connectivity index (χ0n) is 16.1. The molecule has 158 valence electrons. The molecule has 1 atom stereocenters. The third kappa shape index (κ3) is 3.74. The summed E-state index contributed by atoms with van der Waals surface area (Å²) in [6.45, 7) is 5.42. The maximum absolute atomic E-state index is 12.7. The topological polar surface area (TPSA) is 108 Å². The monoisotopic (exact) mass is 468 g/mol. The van der Waals surface area contributed by atoms with Crippen molar-refractivity contribution in [1.82, 2.24) is 9.97 Å². The van der Waals surface area contributed by atoms with Gasteiger partial charge in [0.05, 0.1) is 39.2 Å². The molecule has 0 spiro atoms. The first kappa shape index (κ1) is 20.9. The van der Waals surface area contributed by atoms with Crippen LogP contribution in [-0.4, -0.2) is 52.8 Å². The minimum absolute atomic E-state index is 0.0635. The number of nitrogens with zero attached hydrogens (tertiary/aromatic N) is 2. The van der Waals surface area contributed by atoms with Crippen LogP contribution in [0.25, 0.3) is 10.2 Å². The molecule has 0 radical (unpaired) electrons. The molecule has 1 saturated heterocycles. The van der Waals surface area contributed by atoms with Crippen LogP contribution in [-0.2, 0) is 4.74 Å². The largest absolute Gasteiger partial charge is 0.478 e. The minimum Gasteiger partial charge on any atom is -0.478 e. The van der Waals surface area contributed by atoms with E-state index < -0.39 is 11.9 Å². The molecule has 30 heavy (non-hydrogen) atoms. The van der Waals surface area contributed by atoms with Gasteiger partial charge in [0.15, 0.2) is 5.13 Å². The number of carbonyl (C=O) groups excluding carboxylic acids is 1. The first-order valence-corrected chi connectivity index (χ1v) is 10.7. The van der Waals surface area contributed by atoms with Gasteiger partial charge < -0.3 is 19.7 Å². The highest BCUT2D eigenvalue weighted by atomic mass is 35.5. The van der Waals surface area contributed by atoms with Gasteiger partial charge in [0, 0.05) is 18.3 Å². The molecule has 0 bridgehead atoms. The Hall–Kier alpha value is -2.33. The molecular formula is C19H18Cl2N4O4S. The second-order valence-electron chi connectivity index (χ2n) is 6.99. The molecule has 0 aliphatic carbocycles. The predicted octanol–water partition coefficient (Wildman–Crippen LogP) is 4.42. The van der Waals surface area contributed by atoms with E-state index in [1.54, 1.807) is 19.1 Å². The summed E-state index contributed by atoms with van der Waals surface area (Å²) >= 11 is 13.4. The van der Waals surface area contributed by atoms with Crippen molar-refractivity contribution in [3.05, 3.63) is 39.1 Å². The molecule has 3 heterocycles. The van der Waals surface area contributed by atoms with E-state index in [1.165, 1.54) is 11.3 Å². The number of aromatic amines is 1. The van der Waals surface area contributed by atoms with Gasteiger partial charge in [0.25, 0.3) is 5.91 Å². The van der Waals surface area contributed by atoms with E-state index in [4.69, 9.17) is 27.9 Å². The number of thiazole rings is 1. The van der Waals surface area contributed by atoms with Crippen molar-refractivity contribution < 1.29 is 19.4 Å². The lowest BCUT2D eigenvalue weighted by Gasteiger charge is -2.35. The Balaban J connectivity index is 1.74. The molecule has 1 aliphatic rings. The summed E-state index contributed by atoms with van der Waals surface area (Å²) in [5, 5.41) is 13.0. The average Bonchev–Trinajstić information content (AvgIpc) is 3.23. The van der Waals surface area contributed by atoms with Gasteiger partial charge in [-0.25, -0.2) is 9.78 Å². The van der Waals surface area contributed by atoms with Gasteiger partial charge in [-0.05, 0) is 26.0 Å². The number of carbonyl (C=O) groups is 2. The van der Waals surface area contributed by atoms with Gasteiger partial charge >= 0.3 is 5.97 Å². The van der Waals surface area contributed by atoms with Crippen molar-refractivity contribution in [1.29, 1.82) is 0 Å². The van der Waals surface area contributed by atoms with Crippen molar-refractivity contribution in [2.24, 2.45) is 0 Å². The highest BCUT2D eigenvalue weighted by Crippen LogP contribution is 2.36. The molecule has 1 aliphatic heterocycles. The van der Waals surface area contributed by atoms with Gasteiger partial charge in [-0.3, -0.25) is 10.1 Å². The number of ether oxygens (including phenoxy) is 1. The van der Waals surface area contributed by atoms with Crippen LogP contribution in [0, 0.1) is 6.92 Å². The van der Waals surface area contributed by atoms with Crippen LogP contribution in [0.3, 0.4) is 0 Å². The van der Waals surface area contributed by atoms with E-state index in [0.717, 1.165) is 0 Å². The maximum atomic E-state index is 12.7. The number of fused-ring (bicyclic) bond motifs is 1. The number of halogens is 2. The number of aryl methyl sites for hydroxylation is 1. The second kappa shape index (κ2) is 8.07. The summed E-state index contributed by atoms with van der Waals surface area (Å²) < 4.78 is 6.15. The number of carboxylic acids is 1. The number of hydrogen-bond acceptors (Lipinski definition) is 6. The van der Waals surface area contributed by atoms with Crippen LogP contribution in [0.15, 0.2) is 12.1 Å². The number of morpholine rings is 1. The standard InChI is InChI=1S/C19H18Cl2N4O4S/c1-8-7-29-4-3-25(8)11-5-10(18(27)28)6-12-15(11)23-19(30-12)24-17(26)16-14(21)13(20)9(2)22-16/h5-6,8,22H,3-4,7H2,1-2H3,(H,27,28)(H,23,24,26). The van der Waals surface area contributed by atoms with Gasteiger partial charge in [0.2, 0.25) is 0 Å². The molecule has 0 saturated carbocycles. The number of carboxylic acid groups (broad SMARTS) is 1. The summed E-state index contributed by atoms with van der Waals surface area (Å²) in [6, 6.07) is 3.24. The molecule has 2 aromatic heterocycles. The Morgan fingerprint density at radius 2 is 2.13 bits per heavy atom. The van der Waals surface area contributed by atoms with Gasteiger partial charge in [-0.15, -0.1) is 0 Å². The fourth-order valence-electron chi connectivity index (χ4n) is 3.38. The number of anilines is 2. The van der Waals surface area contributed by atoms with Gasteiger partial charge in [0.1, 0.15) is 11.2 Å². The van der Waals surface area contributed by atoms with Crippen LogP contribution in [0.4, 0.5) is 10.8 Å². The van der Waals surface area contributed by atoms with Crippen LogP contribution < -0.4 is 10.2 Å². The Morgan fingerprint density at radius 3 is 2.77 bits per heavy atom. The van der Waals surface area contributed by atoms with Crippen LogP contribution in [0.5, 0.6) is 0 Å². The number of amides is 1. The zero-order chi connectivity index (χ0) is 21.6. The van der Waals surface area contributed by atoms with E-state index in [2.05, 4.69) is 20.2 Å². The number of nitrogens with one attached hydrogen (secondary N) is 2. The first-order chi connectivity index (χ1) is 14.3. The zero-order valence-corrected chi connectivity index (χ0v) is 18.4. The van der Waals surface area contributed by atoms with Crippen molar-refractivity contribution in [2.75, 3.05) is 30.0 Å². The van der Waals surface area contributed by atoms with Crippen molar-refractivity contribution in [3.8, 4) is 0 Å². The van der Waals surface area contributed by atoms with Gasteiger partial charge in [-0.2, -0.15) is 0 Å². The quantitative estimate of drug-likeness (QED) is 0.523. The fourth-order valence-corrected chi connectivity index (χ4v) is 4.72. The smallest absolute Gasteiger partial charge is 0.335 e. The third-order valence-electron chi connectivity index (χ3n) is 4.90. The van der Waals surface area contributed by atoms with Crippen LogP contribution in [0.2, 0.25) is 10.0 Å². The first-order valence-electron chi connectivity index (χ1n) is 9.13. The number of benzene rings is 1. The lowest BCUT2D eigenvalue weighted by atomic mass is 10.1. The normalized spacial score (nSPS) is 16.8.